The van der Waals surface area contributed by atoms with Crippen molar-refractivity contribution < 1.29 is 14.6 Å². The summed E-state index contributed by atoms with van der Waals surface area (Å²) in [5.74, 6) is 2.34. The number of phenolic OH excluding ortho intramolecular Hbond substituents is 1. The molecular weight excluding hydrogens is 362 g/mol. The number of ether oxygens (including phenoxy) is 1. The van der Waals surface area contributed by atoms with Crippen molar-refractivity contribution in [1.29, 1.82) is 0 Å². The average molecular weight is 400 g/mol. The Kier molecular flexibility index (Phi) is 4.71. The molecule has 1 amide bonds. The van der Waals surface area contributed by atoms with Crippen molar-refractivity contribution in [3.05, 3.63) is 23.3 Å². The second-order valence-corrected chi connectivity index (χ2v) is 10.7. The zero-order valence-corrected chi connectivity index (χ0v) is 18.9. The summed E-state index contributed by atoms with van der Waals surface area (Å²) in [6.45, 7) is 14.8. The van der Waals surface area contributed by atoms with Gasteiger partial charge in [0.15, 0.2) is 0 Å². The Morgan fingerprint density at radius 2 is 1.86 bits per heavy atom. The van der Waals surface area contributed by atoms with Gasteiger partial charge in [-0.25, -0.2) is 0 Å². The minimum absolute atomic E-state index is 0.0434. The molecule has 2 saturated carbocycles. The number of fused-ring (bicyclic) bond motifs is 2. The lowest BCUT2D eigenvalue weighted by Crippen LogP contribution is -2.67. The van der Waals surface area contributed by atoms with Crippen LogP contribution in [0.5, 0.6) is 11.5 Å². The van der Waals surface area contributed by atoms with Crippen LogP contribution in [0.4, 0.5) is 0 Å². The van der Waals surface area contributed by atoms with E-state index in [-0.39, 0.29) is 28.1 Å². The van der Waals surface area contributed by atoms with Gasteiger partial charge in [-0.2, -0.15) is 0 Å². The Labute approximate surface area is 175 Å². The van der Waals surface area contributed by atoms with Gasteiger partial charge in [-0.05, 0) is 55.4 Å². The van der Waals surface area contributed by atoms with Gasteiger partial charge in [-0.3, -0.25) is 4.79 Å². The first-order chi connectivity index (χ1) is 13.6. The third kappa shape index (κ3) is 2.74. The molecule has 3 aliphatic rings. The van der Waals surface area contributed by atoms with Crippen LogP contribution in [0.1, 0.15) is 89.6 Å². The lowest BCUT2D eigenvalue weighted by atomic mass is 9.43. The molecule has 0 spiro atoms. The third-order valence-electron chi connectivity index (χ3n) is 9.51. The number of benzene rings is 1. The van der Waals surface area contributed by atoms with E-state index in [0.717, 1.165) is 24.8 Å². The molecule has 2 N–H and O–H groups in total. The van der Waals surface area contributed by atoms with Gasteiger partial charge in [-0.1, -0.05) is 41.5 Å². The van der Waals surface area contributed by atoms with E-state index in [4.69, 9.17) is 4.74 Å². The number of aromatic hydroxyl groups is 1. The Balaban J connectivity index is 1.88. The molecule has 1 aromatic rings. The number of rotatable bonds is 3. The first kappa shape index (κ1) is 20.6. The van der Waals surface area contributed by atoms with Crippen LogP contribution in [0.2, 0.25) is 0 Å². The summed E-state index contributed by atoms with van der Waals surface area (Å²) in [6.07, 6.45) is 5.64. The summed E-state index contributed by atoms with van der Waals surface area (Å²) in [4.78, 5) is 12.2. The van der Waals surface area contributed by atoms with Crippen molar-refractivity contribution in [2.45, 2.75) is 85.8 Å². The second kappa shape index (κ2) is 6.65. The van der Waals surface area contributed by atoms with E-state index in [9.17, 15) is 9.90 Å². The number of carbonyl (C=O) groups is 1. The largest absolute Gasteiger partial charge is 0.508 e. The van der Waals surface area contributed by atoms with Gasteiger partial charge in [0, 0.05) is 29.5 Å². The number of phenols is 1. The summed E-state index contributed by atoms with van der Waals surface area (Å²) < 4.78 is 7.13. The van der Waals surface area contributed by atoms with Crippen LogP contribution in [0, 0.1) is 28.6 Å². The molecule has 0 saturated heterocycles. The predicted molar refractivity (Wildman–Crippen MR) is 115 cm³/mol. The molecule has 0 aromatic heterocycles. The molecule has 1 aromatic carbocycles. The number of nitrogens with one attached hydrogen (secondary N) is 1. The minimum Gasteiger partial charge on any atom is -0.508 e. The molecule has 160 valence electrons. The van der Waals surface area contributed by atoms with Crippen molar-refractivity contribution in [2.24, 2.45) is 28.6 Å². The van der Waals surface area contributed by atoms with Gasteiger partial charge in [-0.15, -0.1) is 0 Å². The smallest absolute Gasteiger partial charge is 0.252 e. The Bertz CT molecular complexity index is 832. The number of hydrogen-bond donors (Lipinski definition) is 2. The van der Waals surface area contributed by atoms with Crippen LogP contribution in [-0.2, 0) is 6.54 Å². The molecule has 29 heavy (non-hydrogen) atoms. The molecule has 4 heteroatoms. The molecule has 2 aliphatic carbocycles. The summed E-state index contributed by atoms with van der Waals surface area (Å²) in [5, 5.41) is 13.2. The molecule has 0 bridgehead atoms. The topological polar surface area (TPSA) is 58.6 Å². The van der Waals surface area contributed by atoms with Crippen molar-refractivity contribution in [1.82, 2.24) is 5.32 Å². The zero-order chi connectivity index (χ0) is 21.2. The Morgan fingerprint density at radius 1 is 1.14 bits per heavy atom. The number of carbonyl (C=O) groups excluding carboxylic acids is 1. The van der Waals surface area contributed by atoms with Crippen molar-refractivity contribution >= 4 is 5.91 Å². The highest BCUT2D eigenvalue weighted by Gasteiger charge is 2.65. The highest BCUT2D eigenvalue weighted by Crippen LogP contribution is 2.65. The van der Waals surface area contributed by atoms with Crippen molar-refractivity contribution in [3.63, 3.8) is 0 Å². The molecule has 0 radical (unpaired) electrons. The van der Waals surface area contributed by atoms with Crippen LogP contribution in [0.15, 0.2) is 12.1 Å². The van der Waals surface area contributed by atoms with E-state index < -0.39 is 0 Å². The molecule has 1 aliphatic heterocycles. The first-order valence-electron chi connectivity index (χ1n) is 11.4. The predicted octanol–water partition coefficient (Wildman–Crippen LogP) is 5.67. The fraction of sp³-hybridized carbons (Fsp3) is 0.720. The maximum atomic E-state index is 12.2. The molecule has 4 rings (SSSR count). The quantitative estimate of drug-likeness (QED) is 0.688. The maximum Gasteiger partial charge on any atom is 0.252 e. The van der Waals surface area contributed by atoms with E-state index in [1.807, 2.05) is 0 Å². The standard InChI is InChI=1S/C25H37NO3/c1-7-24(6)16(3)8-9-21-23(4,5)15(2)10-11-25(21,24)29-20-13-17(27)12-18-19(20)14-26-22(18)28/h12-13,15-16,21,27H,7-11,14H2,1-6H3,(H,26,28). The first-order valence-corrected chi connectivity index (χ1v) is 11.4. The monoisotopic (exact) mass is 399 g/mol. The van der Waals surface area contributed by atoms with Crippen molar-refractivity contribution in [3.8, 4) is 11.5 Å². The van der Waals surface area contributed by atoms with Gasteiger partial charge < -0.3 is 15.2 Å². The lowest BCUT2D eigenvalue weighted by molar-refractivity contribution is -0.215. The van der Waals surface area contributed by atoms with Crippen LogP contribution >= 0.6 is 0 Å². The molecule has 5 atom stereocenters. The Morgan fingerprint density at radius 3 is 2.55 bits per heavy atom. The normalized spacial score (nSPS) is 38.1. The van der Waals surface area contributed by atoms with E-state index in [0.29, 0.717) is 35.6 Å². The van der Waals surface area contributed by atoms with Crippen LogP contribution in [0.3, 0.4) is 0 Å². The van der Waals surface area contributed by atoms with Crippen LogP contribution < -0.4 is 10.1 Å². The lowest BCUT2D eigenvalue weighted by Gasteiger charge is -2.65. The van der Waals surface area contributed by atoms with Gasteiger partial charge >= 0.3 is 0 Å². The van der Waals surface area contributed by atoms with E-state index in [2.05, 4.69) is 46.9 Å². The molecule has 2 fully saturated rings. The summed E-state index contributed by atoms with van der Waals surface area (Å²) in [7, 11) is 0. The average Bonchev–Trinajstić information content (AvgIpc) is 3.03. The fourth-order valence-electron chi connectivity index (χ4n) is 6.82. The van der Waals surface area contributed by atoms with Gasteiger partial charge in [0.2, 0.25) is 0 Å². The number of amides is 1. The van der Waals surface area contributed by atoms with Gasteiger partial charge in [0.1, 0.15) is 17.1 Å². The van der Waals surface area contributed by atoms with Crippen LogP contribution in [-0.4, -0.2) is 16.6 Å². The molecule has 4 nitrogen and oxygen atoms in total. The fourth-order valence-corrected chi connectivity index (χ4v) is 6.82. The van der Waals surface area contributed by atoms with E-state index in [1.54, 1.807) is 12.1 Å². The summed E-state index contributed by atoms with van der Waals surface area (Å²) >= 11 is 0. The second-order valence-electron chi connectivity index (χ2n) is 10.7. The SMILES string of the molecule is CCC1(C)C(C)CCC2C(C)(C)C(C)CCC21Oc1cc(O)cc2c1CNC2=O. The molecule has 5 unspecified atom stereocenters. The number of hydrogen-bond acceptors (Lipinski definition) is 3. The third-order valence-corrected chi connectivity index (χ3v) is 9.51. The van der Waals surface area contributed by atoms with Crippen LogP contribution in [0.25, 0.3) is 0 Å². The minimum atomic E-state index is -0.289. The van der Waals surface area contributed by atoms with Gasteiger partial charge in [0.05, 0.1) is 5.56 Å². The Hall–Kier alpha value is -1.71. The molecular formula is C25H37NO3. The maximum absolute atomic E-state index is 12.2. The summed E-state index contributed by atoms with van der Waals surface area (Å²) in [5.41, 5.74) is 1.39. The highest BCUT2D eigenvalue weighted by molar-refractivity contribution is 5.99. The highest BCUT2D eigenvalue weighted by atomic mass is 16.5. The molecule has 1 heterocycles. The van der Waals surface area contributed by atoms with E-state index >= 15 is 0 Å². The summed E-state index contributed by atoms with van der Waals surface area (Å²) in [6, 6.07) is 3.29. The van der Waals surface area contributed by atoms with E-state index in [1.165, 1.54) is 12.8 Å². The van der Waals surface area contributed by atoms with Crippen molar-refractivity contribution in [2.75, 3.05) is 0 Å². The zero-order valence-electron chi connectivity index (χ0n) is 18.9. The van der Waals surface area contributed by atoms with Gasteiger partial charge in [0.25, 0.3) is 5.91 Å².